The van der Waals surface area contributed by atoms with E-state index in [1.165, 1.54) is 16.9 Å². The van der Waals surface area contributed by atoms with Gasteiger partial charge in [0.05, 0.1) is 19.8 Å². The van der Waals surface area contributed by atoms with E-state index in [0.29, 0.717) is 18.0 Å². The number of benzene rings is 1. The highest BCUT2D eigenvalue weighted by molar-refractivity contribution is 7.15. The van der Waals surface area contributed by atoms with E-state index >= 15 is 0 Å². The number of carbonyl (C=O) groups excluding carboxylic acids is 1. The molecule has 0 N–H and O–H groups in total. The quantitative estimate of drug-likeness (QED) is 0.550. The van der Waals surface area contributed by atoms with E-state index in [0.717, 1.165) is 41.8 Å². The molecule has 158 valence electrons. The summed E-state index contributed by atoms with van der Waals surface area (Å²) in [7, 11) is 5.17. The summed E-state index contributed by atoms with van der Waals surface area (Å²) in [6, 6.07) is 9.93. The maximum atomic E-state index is 13.5. The largest absolute Gasteiger partial charge is 0.493 e. The first-order valence-corrected chi connectivity index (χ1v) is 11.2. The summed E-state index contributed by atoms with van der Waals surface area (Å²) in [6.07, 6.45) is 9.25. The number of aromatic nitrogens is 1. The summed E-state index contributed by atoms with van der Waals surface area (Å²) in [6.45, 7) is 0.643. The summed E-state index contributed by atoms with van der Waals surface area (Å²) in [5.41, 5.74) is 3.27. The van der Waals surface area contributed by atoms with E-state index in [1.807, 2.05) is 54.7 Å². The highest BCUT2D eigenvalue weighted by Gasteiger charge is 2.27. The summed E-state index contributed by atoms with van der Waals surface area (Å²) >= 11 is 1.77. The Morgan fingerprint density at radius 2 is 1.83 bits per heavy atom. The van der Waals surface area contributed by atoms with Gasteiger partial charge in [-0.05, 0) is 67.5 Å². The number of hydrogen-bond donors (Lipinski definition) is 0. The Balaban J connectivity index is 1.55. The Labute approximate surface area is 181 Å². The molecular formula is C24H28N2O3S. The van der Waals surface area contributed by atoms with E-state index < -0.39 is 0 Å². The Kier molecular flexibility index (Phi) is 6.13. The zero-order chi connectivity index (χ0) is 21.1. The molecule has 1 aliphatic rings. The molecule has 30 heavy (non-hydrogen) atoms. The molecule has 0 fully saturated rings. The smallest absolute Gasteiger partial charge is 0.256 e. The third-order valence-corrected chi connectivity index (χ3v) is 7.04. The third kappa shape index (κ3) is 3.97. The van der Waals surface area contributed by atoms with Crippen molar-refractivity contribution in [2.75, 3.05) is 27.8 Å². The molecule has 0 saturated heterocycles. The lowest BCUT2D eigenvalue weighted by Crippen LogP contribution is -2.30. The molecule has 0 aliphatic heterocycles. The molecule has 4 rings (SSSR count). The second-order valence-electron chi connectivity index (χ2n) is 7.65. The molecular weight excluding hydrogens is 396 g/mol. The van der Waals surface area contributed by atoms with Gasteiger partial charge >= 0.3 is 0 Å². The van der Waals surface area contributed by atoms with Gasteiger partial charge in [0, 0.05) is 30.9 Å². The second-order valence-corrected chi connectivity index (χ2v) is 8.73. The number of amides is 1. The van der Waals surface area contributed by atoms with Crippen molar-refractivity contribution in [3.05, 3.63) is 64.3 Å². The normalized spacial score (nSPS) is 13.0. The molecule has 2 aromatic heterocycles. The lowest BCUT2D eigenvalue weighted by Gasteiger charge is -2.20. The van der Waals surface area contributed by atoms with Crippen molar-refractivity contribution in [1.82, 2.24) is 9.47 Å². The lowest BCUT2D eigenvalue weighted by atomic mass is 9.95. The van der Waals surface area contributed by atoms with Crippen LogP contribution in [0.1, 0.15) is 39.2 Å². The van der Waals surface area contributed by atoms with Crippen LogP contribution in [0.3, 0.4) is 0 Å². The third-order valence-electron chi connectivity index (χ3n) is 5.74. The maximum absolute atomic E-state index is 13.5. The number of nitrogens with zero attached hydrogens (tertiary/aromatic N) is 2. The van der Waals surface area contributed by atoms with Crippen molar-refractivity contribution >= 4 is 17.2 Å². The van der Waals surface area contributed by atoms with Crippen LogP contribution < -0.4 is 9.47 Å². The summed E-state index contributed by atoms with van der Waals surface area (Å²) < 4.78 is 12.8. The van der Waals surface area contributed by atoms with Crippen molar-refractivity contribution in [3.63, 3.8) is 0 Å². The van der Waals surface area contributed by atoms with Gasteiger partial charge in [0.2, 0.25) is 0 Å². The number of rotatable bonds is 7. The molecule has 5 nitrogen and oxygen atoms in total. The minimum Gasteiger partial charge on any atom is -0.493 e. The monoisotopic (exact) mass is 424 g/mol. The number of aryl methyl sites for hydroxylation is 1. The van der Waals surface area contributed by atoms with Gasteiger partial charge in [0.1, 0.15) is 5.00 Å². The number of hydrogen-bond acceptors (Lipinski definition) is 4. The number of thiophene rings is 1. The standard InChI is InChI=1S/C24H28N2O3S/c1-25(15-12-17-10-11-19(28-2)20(16-17)29-3)23(27)22-18-8-4-5-9-21(18)30-24(22)26-13-6-7-14-26/h6-7,10-11,13-14,16H,4-5,8-9,12,15H2,1-3H3. The molecule has 2 heterocycles. The molecule has 0 spiro atoms. The Hall–Kier alpha value is -2.73. The number of likely N-dealkylation sites (N-methyl/N-ethyl adjacent to an activating group) is 1. The fourth-order valence-corrected chi connectivity index (χ4v) is 5.40. The van der Waals surface area contributed by atoms with Crippen LogP contribution in [0.15, 0.2) is 42.7 Å². The van der Waals surface area contributed by atoms with E-state index in [4.69, 9.17) is 9.47 Å². The fourth-order valence-electron chi connectivity index (χ4n) is 4.05. The molecule has 0 unspecified atom stereocenters. The fraction of sp³-hybridized carbons (Fsp3) is 0.375. The predicted molar refractivity (Wildman–Crippen MR) is 120 cm³/mol. The van der Waals surface area contributed by atoms with Crippen LogP contribution in [-0.4, -0.2) is 43.2 Å². The van der Waals surface area contributed by atoms with Crippen molar-refractivity contribution in [2.45, 2.75) is 32.1 Å². The van der Waals surface area contributed by atoms with Gasteiger partial charge < -0.3 is 18.9 Å². The van der Waals surface area contributed by atoms with Crippen molar-refractivity contribution < 1.29 is 14.3 Å². The molecule has 1 aromatic carbocycles. The summed E-state index contributed by atoms with van der Waals surface area (Å²) in [5.74, 6) is 1.54. The molecule has 3 aromatic rings. The predicted octanol–water partition coefficient (Wildman–Crippen LogP) is 4.75. The van der Waals surface area contributed by atoms with Gasteiger partial charge in [-0.2, -0.15) is 0 Å². The second kappa shape index (κ2) is 8.96. The van der Waals surface area contributed by atoms with Crippen LogP contribution in [0.25, 0.3) is 5.00 Å². The minimum absolute atomic E-state index is 0.110. The first kappa shape index (κ1) is 20.5. The molecule has 0 atom stereocenters. The number of ether oxygens (including phenoxy) is 2. The van der Waals surface area contributed by atoms with Gasteiger partial charge in [-0.3, -0.25) is 4.79 Å². The van der Waals surface area contributed by atoms with Gasteiger partial charge in [-0.15, -0.1) is 11.3 Å². The van der Waals surface area contributed by atoms with Crippen LogP contribution in [0.2, 0.25) is 0 Å². The Morgan fingerprint density at radius 1 is 1.10 bits per heavy atom. The van der Waals surface area contributed by atoms with E-state index in [1.54, 1.807) is 25.6 Å². The van der Waals surface area contributed by atoms with Crippen LogP contribution in [0.5, 0.6) is 11.5 Å². The molecule has 0 saturated carbocycles. The lowest BCUT2D eigenvalue weighted by molar-refractivity contribution is 0.0796. The van der Waals surface area contributed by atoms with Gasteiger partial charge in [-0.25, -0.2) is 0 Å². The molecule has 1 amide bonds. The average molecular weight is 425 g/mol. The summed E-state index contributed by atoms with van der Waals surface area (Å²) in [4.78, 5) is 16.7. The zero-order valence-corrected chi connectivity index (χ0v) is 18.6. The van der Waals surface area contributed by atoms with Crippen molar-refractivity contribution in [1.29, 1.82) is 0 Å². The van der Waals surface area contributed by atoms with Crippen LogP contribution >= 0.6 is 11.3 Å². The van der Waals surface area contributed by atoms with Crippen LogP contribution in [-0.2, 0) is 19.3 Å². The molecule has 0 bridgehead atoms. The van der Waals surface area contributed by atoms with Gasteiger partial charge in [0.25, 0.3) is 5.91 Å². The van der Waals surface area contributed by atoms with E-state index in [9.17, 15) is 4.79 Å². The SMILES string of the molecule is COc1ccc(CCN(C)C(=O)c2c(-n3cccc3)sc3c2CCCC3)cc1OC. The first-order valence-electron chi connectivity index (χ1n) is 10.4. The number of methoxy groups -OCH3 is 2. The van der Waals surface area contributed by atoms with Gasteiger partial charge in [-0.1, -0.05) is 6.07 Å². The average Bonchev–Trinajstić information content (AvgIpc) is 3.44. The summed E-state index contributed by atoms with van der Waals surface area (Å²) in [5, 5.41) is 1.05. The van der Waals surface area contributed by atoms with Crippen molar-refractivity contribution in [3.8, 4) is 16.5 Å². The molecule has 1 aliphatic carbocycles. The Morgan fingerprint density at radius 3 is 2.57 bits per heavy atom. The Bertz CT molecular complexity index is 1020. The van der Waals surface area contributed by atoms with Crippen molar-refractivity contribution in [2.24, 2.45) is 0 Å². The number of fused-ring (bicyclic) bond motifs is 1. The number of carbonyl (C=O) groups is 1. The maximum Gasteiger partial charge on any atom is 0.256 e. The first-order chi connectivity index (χ1) is 14.6. The zero-order valence-electron chi connectivity index (χ0n) is 17.8. The van der Waals surface area contributed by atoms with Crippen LogP contribution in [0.4, 0.5) is 0 Å². The molecule has 6 heteroatoms. The van der Waals surface area contributed by atoms with Gasteiger partial charge in [0.15, 0.2) is 11.5 Å². The highest BCUT2D eigenvalue weighted by Crippen LogP contribution is 2.37. The highest BCUT2D eigenvalue weighted by atomic mass is 32.1. The topological polar surface area (TPSA) is 43.7 Å². The van der Waals surface area contributed by atoms with Crippen LogP contribution in [0, 0.1) is 0 Å². The van der Waals surface area contributed by atoms with E-state index in [2.05, 4.69) is 4.57 Å². The van der Waals surface area contributed by atoms with E-state index in [-0.39, 0.29) is 5.91 Å². The molecule has 0 radical (unpaired) electrons. The minimum atomic E-state index is 0.110.